The van der Waals surface area contributed by atoms with Crippen molar-refractivity contribution in [1.82, 2.24) is 25.7 Å². The van der Waals surface area contributed by atoms with E-state index in [1.54, 1.807) is 11.0 Å². The molecule has 2 aromatic heterocycles. The van der Waals surface area contributed by atoms with E-state index in [4.69, 9.17) is 9.72 Å². The van der Waals surface area contributed by atoms with E-state index >= 15 is 0 Å². The first-order chi connectivity index (χ1) is 17.3. The van der Waals surface area contributed by atoms with Crippen LogP contribution in [0.1, 0.15) is 55.8 Å². The minimum atomic E-state index is -2.64. The molecule has 0 radical (unpaired) electrons. The highest BCUT2D eigenvalue weighted by Crippen LogP contribution is 2.38. The lowest BCUT2D eigenvalue weighted by Crippen LogP contribution is -2.50. The van der Waals surface area contributed by atoms with Crippen LogP contribution < -0.4 is 21.5 Å². The molecule has 3 unspecified atom stereocenters. The molecule has 0 aromatic carbocycles. The number of nitrogens with one attached hydrogen (secondary N) is 4. The number of alkyl halides is 2. The van der Waals surface area contributed by atoms with Crippen LogP contribution in [0.5, 0.6) is 0 Å². The van der Waals surface area contributed by atoms with E-state index in [-0.39, 0.29) is 24.3 Å². The number of methoxy groups -OCH3 is 1. The Morgan fingerprint density at radius 3 is 2.56 bits per heavy atom. The van der Waals surface area contributed by atoms with E-state index in [9.17, 15) is 18.4 Å². The molecule has 5 rings (SSSR count). The summed E-state index contributed by atoms with van der Waals surface area (Å²) in [5.74, 6) is 0.245. The van der Waals surface area contributed by atoms with Crippen molar-refractivity contribution in [3.05, 3.63) is 23.9 Å². The molecule has 5 atom stereocenters. The lowest BCUT2D eigenvalue weighted by molar-refractivity contribution is -0.138. The van der Waals surface area contributed by atoms with E-state index in [0.29, 0.717) is 47.0 Å². The summed E-state index contributed by atoms with van der Waals surface area (Å²) < 4.78 is 30.5. The fourth-order valence-electron chi connectivity index (χ4n) is 5.66. The highest BCUT2D eigenvalue weighted by molar-refractivity contribution is 5.98. The Bertz CT molecular complexity index is 1140. The monoisotopic (exact) mass is 503 g/mol. The summed E-state index contributed by atoms with van der Waals surface area (Å²) in [7, 11) is 1.32. The van der Waals surface area contributed by atoms with Gasteiger partial charge in [-0.2, -0.15) is 0 Å². The van der Waals surface area contributed by atoms with E-state index in [1.165, 1.54) is 13.3 Å². The molecule has 12 heteroatoms. The van der Waals surface area contributed by atoms with E-state index in [2.05, 4.69) is 33.4 Å². The number of fused-ring (bicyclic) bond motifs is 3. The lowest BCUT2D eigenvalue weighted by atomic mass is 9.96. The third kappa shape index (κ3) is 5.05. The summed E-state index contributed by atoms with van der Waals surface area (Å²) >= 11 is 0. The summed E-state index contributed by atoms with van der Waals surface area (Å²) in [6.45, 7) is 2.08. The molecule has 2 aromatic rings. The normalized spacial score (nSPS) is 27.5. The predicted octanol–water partition coefficient (Wildman–Crippen LogP) is 2.63. The number of carbonyl (C=O) groups is 2. The molecule has 1 amide bonds. The Balaban J connectivity index is 1.40. The van der Waals surface area contributed by atoms with E-state index in [0.717, 1.165) is 19.3 Å². The van der Waals surface area contributed by atoms with Crippen LogP contribution in [0, 0.1) is 0 Å². The zero-order valence-electron chi connectivity index (χ0n) is 20.3. The van der Waals surface area contributed by atoms with Crippen molar-refractivity contribution >= 4 is 34.4 Å². The number of halogens is 2. The van der Waals surface area contributed by atoms with Gasteiger partial charge in [-0.05, 0) is 45.1 Å². The van der Waals surface area contributed by atoms with Crippen molar-refractivity contribution in [2.45, 2.75) is 82.2 Å². The highest BCUT2D eigenvalue weighted by atomic mass is 19.3. The standard InChI is InChI=1S/C24H31F2N7O3/c1-12-5-21(32-31-12)29-20-9-18-17(6-13(11-27-18)24(35)36-2)23(30-20)28-14-7-15-3-4-16(8-14)33(15)22(34)10-19(25)26/h6,9,11-12,14-16,19,21,31-32H,3-5,7-8,10H2,1-2H3,(H2,28,29,30)/t12?,14?,15-,16+,21?. The molecule has 3 aliphatic rings. The van der Waals surface area contributed by atoms with Crippen LogP contribution in [0.2, 0.25) is 0 Å². The number of ether oxygens (including phenoxy) is 1. The van der Waals surface area contributed by atoms with Crippen LogP contribution in [-0.4, -0.2) is 70.6 Å². The van der Waals surface area contributed by atoms with Gasteiger partial charge in [-0.25, -0.2) is 24.0 Å². The second-order valence-electron chi connectivity index (χ2n) is 9.85. The number of aromatic nitrogens is 2. The minimum absolute atomic E-state index is 0.00266. The summed E-state index contributed by atoms with van der Waals surface area (Å²) in [4.78, 5) is 35.5. The maximum atomic E-state index is 12.8. The summed E-state index contributed by atoms with van der Waals surface area (Å²) in [5, 5.41) is 7.58. The summed E-state index contributed by atoms with van der Waals surface area (Å²) in [6.07, 6.45) is 1.87. The van der Waals surface area contributed by atoms with Gasteiger partial charge in [0.2, 0.25) is 12.3 Å². The lowest BCUT2D eigenvalue weighted by Gasteiger charge is -2.39. The zero-order valence-corrected chi connectivity index (χ0v) is 20.3. The van der Waals surface area contributed by atoms with Gasteiger partial charge in [0.25, 0.3) is 0 Å². The molecular weight excluding hydrogens is 472 g/mol. The number of anilines is 2. The molecule has 10 nitrogen and oxygen atoms in total. The zero-order chi connectivity index (χ0) is 25.4. The number of pyridine rings is 2. The summed E-state index contributed by atoms with van der Waals surface area (Å²) in [5.41, 5.74) is 7.34. The van der Waals surface area contributed by atoms with Crippen LogP contribution >= 0.6 is 0 Å². The van der Waals surface area contributed by atoms with Crippen molar-refractivity contribution in [3.8, 4) is 0 Å². The molecule has 0 saturated carbocycles. The van der Waals surface area contributed by atoms with Gasteiger partial charge in [-0.15, -0.1) is 0 Å². The van der Waals surface area contributed by atoms with Gasteiger partial charge >= 0.3 is 5.97 Å². The second kappa shape index (κ2) is 10.1. The van der Waals surface area contributed by atoms with Crippen molar-refractivity contribution < 1.29 is 23.1 Å². The molecule has 3 saturated heterocycles. The number of esters is 1. The van der Waals surface area contributed by atoms with E-state index < -0.39 is 24.7 Å². The first kappa shape index (κ1) is 24.6. The number of carbonyl (C=O) groups excluding carboxylic acids is 2. The fraction of sp³-hybridized carbons (Fsp3) is 0.583. The molecule has 0 aliphatic carbocycles. The molecule has 3 fully saturated rings. The number of nitrogens with zero attached hydrogens (tertiary/aromatic N) is 3. The topological polar surface area (TPSA) is 121 Å². The molecule has 2 bridgehead atoms. The smallest absolute Gasteiger partial charge is 0.339 e. The van der Waals surface area contributed by atoms with Crippen LogP contribution in [0.3, 0.4) is 0 Å². The first-order valence-electron chi connectivity index (χ1n) is 12.3. The number of hydrogen-bond acceptors (Lipinski definition) is 9. The Morgan fingerprint density at radius 1 is 1.17 bits per heavy atom. The van der Waals surface area contributed by atoms with Crippen molar-refractivity contribution in [2.24, 2.45) is 0 Å². The SMILES string of the molecule is COC(=O)c1cnc2cc(NC3CC(C)NN3)nc(NC3C[C@H]4CC[C@@H](C3)N4C(=O)CC(F)F)c2c1. The molecule has 5 heterocycles. The maximum Gasteiger partial charge on any atom is 0.339 e. The van der Waals surface area contributed by atoms with E-state index in [1.807, 2.05) is 6.07 Å². The highest BCUT2D eigenvalue weighted by Gasteiger charge is 2.43. The van der Waals surface area contributed by atoms with Gasteiger partial charge in [0.05, 0.1) is 30.8 Å². The quantitative estimate of drug-likeness (QED) is 0.423. The second-order valence-corrected chi connectivity index (χ2v) is 9.85. The Labute approximate surface area is 207 Å². The number of hydrogen-bond donors (Lipinski definition) is 4. The van der Waals surface area contributed by atoms with Gasteiger partial charge in [0.15, 0.2) is 0 Å². The minimum Gasteiger partial charge on any atom is -0.465 e. The average Bonchev–Trinajstić information content (AvgIpc) is 3.37. The Kier molecular flexibility index (Phi) is 6.89. The van der Waals surface area contributed by atoms with Gasteiger partial charge in [-0.3, -0.25) is 15.2 Å². The average molecular weight is 504 g/mol. The molecule has 36 heavy (non-hydrogen) atoms. The Hall–Kier alpha value is -3.12. The molecular formula is C24H31F2N7O3. The van der Waals surface area contributed by atoms with Crippen LogP contribution in [-0.2, 0) is 9.53 Å². The van der Waals surface area contributed by atoms with Crippen molar-refractivity contribution in [1.29, 1.82) is 0 Å². The van der Waals surface area contributed by atoms with Crippen LogP contribution in [0.4, 0.5) is 20.4 Å². The Morgan fingerprint density at radius 2 is 1.92 bits per heavy atom. The molecule has 194 valence electrons. The third-order valence-electron chi connectivity index (χ3n) is 7.21. The number of amides is 1. The third-order valence-corrected chi connectivity index (χ3v) is 7.21. The van der Waals surface area contributed by atoms with Crippen LogP contribution in [0.15, 0.2) is 18.3 Å². The maximum absolute atomic E-state index is 12.8. The van der Waals surface area contributed by atoms with Gasteiger partial charge in [-0.1, -0.05) is 0 Å². The van der Waals surface area contributed by atoms with Crippen LogP contribution in [0.25, 0.3) is 10.9 Å². The van der Waals surface area contributed by atoms with Crippen molar-refractivity contribution in [3.63, 3.8) is 0 Å². The largest absolute Gasteiger partial charge is 0.465 e. The molecule has 0 spiro atoms. The molecule has 3 aliphatic heterocycles. The summed E-state index contributed by atoms with van der Waals surface area (Å²) in [6, 6.07) is 3.72. The number of hydrazine groups is 1. The predicted molar refractivity (Wildman–Crippen MR) is 130 cm³/mol. The fourth-order valence-corrected chi connectivity index (χ4v) is 5.66. The molecule has 4 N–H and O–H groups in total. The number of piperidine rings is 1. The first-order valence-corrected chi connectivity index (χ1v) is 12.3. The number of rotatable bonds is 7. The van der Waals surface area contributed by atoms with Gasteiger partial charge in [0, 0.05) is 41.8 Å². The van der Waals surface area contributed by atoms with Gasteiger partial charge < -0.3 is 20.3 Å². The van der Waals surface area contributed by atoms with Crippen molar-refractivity contribution in [2.75, 3.05) is 17.7 Å². The van der Waals surface area contributed by atoms with Gasteiger partial charge in [0.1, 0.15) is 11.6 Å².